The van der Waals surface area contributed by atoms with Crippen molar-refractivity contribution in [1.82, 2.24) is 20.1 Å². The van der Waals surface area contributed by atoms with Gasteiger partial charge in [0.2, 0.25) is 0 Å². The summed E-state index contributed by atoms with van der Waals surface area (Å²) in [6.07, 6.45) is 3.52. The number of carbonyl (C=O) groups excluding carboxylic acids is 1. The van der Waals surface area contributed by atoms with E-state index in [4.69, 9.17) is 5.11 Å². The van der Waals surface area contributed by atoms with Crippen LogP contribution >= 0.6 is 11.3 Å². The Kier molecular flexibility index (Phi) is 4.68. The predicted molar refractivity (Wildman–Crippen MR) is 87.8 cm³/mol. The maximum absolute atomic E-state index is 13.3. The first kappa shape index (κ1) is 16.3. The van der Waals surface area contributed by atoms with Crippen LogP contribution in [-0.4, -0.2) is 25.8 Å². The Hall–Kier alpha value is -2.58. The maximum Gasteiger partial charge on any atom is 0.271 e. The Balaban J connectivity index is 1.66. The first-order chi connectivity index (χ1) is 11.6. The second kappa shape index (κ2) is 6.90. The number of aliphatic hydroxyl groups excluding tert-OH is 1. The Morgan fingerprint density at radius 3 is 3.00 bits per heavy atom. The van der Waals surface area contributed by atoms with Gasteiger partial charge in [0.1, 0.15) is 16.5 Å². The number of benzene rings is 1. The number of carbonyl (C=O) groups is 1. The number of rotatable bonds is 5. The third-order valence-electron chi connectivity index (χ3n) is 3.42. The summed E-state index contributed by atoms with van der Waals surface area (Å²) in [5.74, 6) is -0.774. The molecular formula is C16H15FN4O2S. The van der Waals surface area contributed by atoms with Crippen LogP contribution in [0.3, 0.4) is 0 Å². The fourth-order valence-corrected chi connectivity index (χ4v) is 2.95. The molecule has 0 radical (unpaired) electrons. The molecule has 0 aliphatic rings. The van der Waals surface area contributed by atoms with Gasteiger partial charge in [0.25, 0.3) is 5.91 Å². The van der Waals surface area contributed by atoms with Gasteiger partial charge in [-0.25, -0.2) is 9.37 Å². The van der Waals surface area contributed by atoms with E-state index in [0.29, 0.717) is 11.3 Å². The molecule has 1 amide bonds. The van der Waals surface area contributed by atoms with Crippen molar-refractivity contribution in [3.05, 3.63) is 58.6 Å². The third kappa shape index (κ3) is 3.50. The Morgan fingerprint density at radius 2 is 2.29 bits per heavy atom. The first-order valence-corrected chi connectivity index (χ1v) is 8.05. The number of thiazole rings is 1. The summed E-state index contributed by atoms with van der Waals surface area (Å²) in [5, 5.41) is 18.3. The lowest BCUT2D eigenvalue weighted by Crippen LogP contribution is -2.23. The minimum Gasteiger partial charge on any atom is -0.392 e. The van der Waals surface area contributed by atoms with Crippen LogP contribution in [-0.2, 0) is 20.2 Å². The molecule has 8 heteroatoms. The summed E-state index contributed by atoms with van der Waals surface area (Å²) in [6.45, 7) is -0.153. The predicted octanol–water partition coefficient (Wildman–Crippen LogP) is 2.11. The van der Waals surface area contributed by atoms with Crippen LogP contribution in [0.5, 0.6) is 0 Å². The first-order valence-electron chi connectivity index (χ1n) is 7.17. The zero-order valence-corrected chi connectivity index (χ0v) is 13.7. The standard InChI is InChI=1S/C16H15FN4O2S/c1-21-7-12(6-19-21)16-20-14(9-24-16)15(23)18-5-10-2-3-13(17)11(4-10)8-22/h2-4,6-7,9,22H,5,8H2,1H3,(H,18,23). The molecule has 0 aliphatic heterocycles. The zero-order valence-electron chi connectivity index (χ0n) is 12.9. The molecule has 0 unspecified atom stereocenters. The number of aromatic nitrogens is 3. The lowest BCUT2D eigenvalue weighted by atomic mass is 10.1. The number of aryl methyl sites for hydroxylation is 1. The molecule has 0 spiro atoms. The SMILES string of the molecule is Cn1cc(-c2nc(C(=O)NCc3ccc(F)c(CO)c3)cs2)cn1. The normalized spacial score (nSPS) is 10.8. The van der Waals surface area contributed by atoms with E-state index < -0.39 is 5.82 Å². The second-order valence-corrected chi connectivity index (χ2v) is 6.07. The molecule has 1 aromatic carbocycles. The highest BCUT2D eigenvalue weighted by molar-refractivity contribution is 7.13. The molecule has 3 rings (SSSR count). The van der Waals surface area contributed by atoms with Crippen molar-refractivity contribution >= 4 is 17.2 Å². The molecule has 2 heterocycles. The van der Waals surface area contributed by atoms with Crippen molar-refractivity contribution in [1.29, 1.82) is 0 Å². The van der Waals surface area contributed by atoms with Crippen LogP contribution in [0.25, 0.3) is 10.6 Å². The number of halogens is 1. The highest BCUT2D eigenvalue weighted by Crippen LogP contribution is 2.22. The summed E-state index contributed by atoms with van der Waals surface area (Å²) >= 11 is 1.37. The summed E-state index contributed by atoms with van der Waals surface area (Å²) in [6, 6.07) is 4.37. The maximum atomic E-state index is 13.3. The molecule has 0 bridgehead atoms. The Morgan fingerprint density at radius 1 is 1.46 bits per heavy atom. The molecule has 6 nitrogen and oxygen atoms in total. The molecule has 2 aromatic heterocycles. The number of aliphatic hydroxyl groups is 1. The second-order valence-electron chi connectivity index (χ2n) is 5.21. The molecule has 0 saturated carbocycles. The van der Waals surface area contributed by atoms with Crippen molar-refractivity contribution in [2.75, 3.05) is 0 Å². The van der Waals surface area contributed by atoms with Crippen molar-refractivity contribution < 1.29 is 14.3 Å². The van der Waals surface area contributed by atoms with Gasteiger partial charge in [-0.3, -0.25) is 9.48 Å². The third-order valence-corrected chi connectivity index (χ3v) is 4.31. The van der Waals surface area contributed by atoms with Crippen molar-refractivity contribution in [3.8, 4) is 10.6 Å². The van der Waals surface area contributed by atoms with Gasteiger partial charge in [0.15, 0.2) is 0 Å². The smallest absolute Gasteiger partial charge is 0.271 e. The average molecular weight is 346 g/mol. The molecule has 0 aliphatic carbocycles. The number of amides is 1. The molecular weight excluding hydrogens is 331 g/mol. The number of nitrogens with zero attached hydrogens (tertiary/aromatic N) is 3. The van der Waals surface area contributed by atoms with Crippen LogP contribution in [0.2, 0.25) is 0 Å². The van der Waals surface area contributed by atoms with E-state index in [0.717, 1.165) is 10.6 Å². The number of nitrogens with one attached hydrogen (secondary N) is 1. The average Bonchev–Trinajstić information content (AvgIpc) is 3.22. The van der Waals surface area contributed by atoms with Gasteiger partial charge in [-0.2, -0.15) is 5.10 Å². The highest BCUT2D eigenvalue weighted by atomic mass is 32.1. The lowest BCUT2D eigenvalue weighted by Gasteiger charge is -2.06. The number of hydrogen-bond acceptors (Lipinski definition) is 5. The molecule has 0 atom stereocenters. The van der Waals surface area contributed by atoms with Gasteiger partial charge in [-0.1, -0.05) is 6.07 Å². The Bertz CT molecular complexity index is 875. The number of hydrogen-bond donors (Lipinski definition) is 2. The van der Waals surface area contributed by atoms with Gasteiger partial charge >= 0.3 is 0 Å². The van der Waals surface area contributed by atoms with Crippen molar-refractivity contribution in [3.63, 3.8) is 0 Å². The van der Waals surface area contributed by atoms with E-state index in [1.807, 2.05) is 13.2 Å². The minimum absolute atomic E-state index is 0.203. The molecule has 124 valence electrons. The fraction of sp³-hybridized carbons (Fsp3) is 0.188. The van der Waals surface area contributed by atoms with E-state index in [1.54, 1.807) is 22.3 Å². The van der Waals surface area contributed by atoms with E-state index in [1.165, 1.54) is 23.5 Å². The molecule has 2 N–H and O–H groups in total. The van der Waals surface area contributed by atoms with E-state index in [9.17, 15) is 9.18 Å². The fourth-order valence-electron chi connectivity index (χ4n) is 2.17. The monoisotopic (exact) mass is 346 g/mol. The molecule has 3 aromatic rings. The minimum atomic E-state index is -0.465. The summed E-state index contributed by atoms with van der Waals surface area (Å²) in [4.78, 5) is 16.5. The van der Waals surface area contributed by atoms with Crippen LogP contribution in [0, 0.1) is 5.82 Å². The van der Waals surface area contributed by atoms with Crippen LogP contribution < -0.4 is 5.32 Å². The molecule has 24 heavy (non-hydrogen) atoms. The lowest BCUT2D eigenvalue weighted by molar-refractivity contribution is 0.0946. The van der Waals surface area contributed by atoms with E-state index in [-0.39, 0.29) is 24.6 Å². The van der Waals surface area contributed by atoms with Crippen LogP contribution in [0.1, 0.15) is 21.6 Å². The van der Waals surface area contributed by atoms with Crippen LogP contribution in [0.15, 0.2) is 36.0 Å². The molecule has 0 saturated heterocycles. The van der Waals surface area contributed by atoms with E-state index >= 15 is 0 Å². The quantitative estimate of drug-likeness (QED) is 0.741. The van der Waals surface area contributed by atoms with Crippen LogP contribution in [0.4, 0.5) is 4.39 Å². The summed E-state index contributed by atoms with van der Waals surface area (Å²) in [5.41, 5.74) is 2.09. The van der Waals surface area contributed by atoms with E-state index in [2.05, 4.69) is 15.4 Å². The van der Waals surface area contributed by atoms with Crippen molar-refractivity contribution in [2.24, 2.45) is 7.05 Å². The summed E-state index contributed by atoms with van der Waals surface area (Å²) < 4.78 is 15.0. The van der Waals surface area contributed by atoms with Gasteiger partial charge in [0, 0.05) is 36.3 Å². The van der Waals surface area contributed by atoms with Crippen molar-refractivity contribution in [2.45, 2.75) is 13.2 Å². The Labute approximate surface area is 141 Å². The topological polar surface area (TPSA) is 80.0 Å². The zero-order chi connectivity index (χ0) is 17.1. The van der Waals surface area contributed by atoms with Gasteiger partial charge in [0.05, 0.1) is 12.8 Å². The van der Waals surface area contributed by atoms with Gasteiger partial charge in [-0.05, 0) is 17.7 Å². The highest BCUT2D eigenvalue weighted by Gasteiger charge is 2.13. The molecule has 0 fully saturated rings. The van der Waals surface area contributed by atoms with Gasteiger partial charge in [-0.15, -0.1) is 11.3 Å². The summed E-state index contributed by atoms with van der Waals surface area (Å²) in [7, 11) is 1.81. The van der Waals surface area contributed by atoms with Gasteiger partial charge < -0.3 is 10.4 Å². The largest absolute Gasteiger partial charge is 0.392 e.